The van der Waals surface area contributed by atoms with Crippen LogP contribution in [-0.4, -0.2) is 32.3 Å². The van der Waals surface area contributed by atoms with E-state index >= 15 is 0 Å². The maximum absolute atomic E-state index is 5.06. The van der Waals surface area contributed by atoms with E-state index in [4.69, 9.17) is 4.74 Å². The predicted molar refractivity (Wildman–Crippen MR) is 108 cm³/mol. The lowest BCUT2D eigenvalue weighted by molar-refractivity contribution is 0.397. The maximum atomic E-state index is 5.06. The monoisotopic (exact) mass is 431 g/mol. The number of ether oxygens (including phenoxy) is 1. The lowest BCUT2D eigenvalue weighted by atomic mass is 9.92. The summed E-state index contributed by atoms with van der Waals surface area (Å²) in [5.74, 6) is 2.42. The van der Waals surface area contributed by atoms with Crippen molar-refractivity contribution in [3.05, 3.63) is 46.3 Å². The number of methoxy groups -OCH3 is 1. The van der Waals surface area contributed by atoms with Gasteiger partial charge < -0.3 is 15.4 Å². The number of pyridine rings is 1. The molecule has 0 aromatic carbocycles. The Labute approximate surface area is 166 Å². The Balaban J connectivity index is 1.69. The van der Waals surface area contributed by atoms with Crippen LogP contribution >= 0.6 is 15.9 Å². The summed E-state index contributed by atoms with van der Waals surface area (Å²) < 4.78 is 5.81. The molecule has 3 N–H and O–H groups in total. The van der Waals surface area contributed by atoms with Crippen LogP contribution in [0.1, 0.15) is 32.0 Å². The summed E-state index contributed by atoms with van der Waals surface area (Å²) in [5, 5.41) is 13.8. The van der Waals surface area contributed by atoms with Crippen molar-refractivity contribution in [3.63, 3.8) is 0 Å². The highest BCUT2D eigenvalue weighted by Gasteiger charge is 2.17. The van der Waals surface area contributed by atoms with Gasteiger partial charge in [-0.2, -0.15) is 10.1 Å². The fraction of sp³-hybridized carbons (Fsp3) is 0.333. The van der Waals surface area contributed by atoms with Crippen molar-refractivity contribution >= 4 is 33.5 Å². The van der Waals surface area contributed by atoms with Crippen LogP contribution in [0.5, 0.6) is 5.88 Å². The van der Waals surface area contributed by atoms with Gasteiger partial charge >= 0.3 is 0 Å². The Morgan fingerprint density at radius 2 is 2.00 bits per heavy atom. The second kappa shape index (κ2) is 7.91. The average molecular weight is 432 g/mol. The van der Waals surface area contributed by atoms with Crippen molar-refractivity contribution in [2.45, 2.75) is 32.7 Å². The molecular weight excluding hydrogens is 410 g/mol. The summed E-state index contributed by atoms with van der Waals surface area (Å²) in [7, 11) is 1.59. The number of anilines is 3. The number of aromatic amines is 1. The number of nitrogens with zero attached hydrogens (tertiary/aromatic N) is 4. The van der Waals surface area contributed by atoms with Crippen molar-refractivity contribution < 1.29 is 4.74 Å². The molecule has 3 aromatic rings. The molecule has 0 bridgehead atoms. The quantitative estimate of drug-likeness (QED) is 0.541. The van der Waals surface area contributed by atoms with Gasteiger partial charge in [0.25, 0.3) is 0 Å². The van der Waals surface area contributed by atoms with Crippen molar-refractivity contribution in [3.8, 4) is 5.88 Å². The largest absolute Gasteiger partial charge is 0.481 e. The lowest BCUT2D eigenvalue weighted by Gasteiger charge is -2.14. The first-order valence-electron chi connectivity index (χ1n) is 8.43. The predicted octanol–water partition coefficient (Wildman–Crippen LogP) is 4.02. The molecule has 8 nitrogen and oxygen atoms in total. The van der Waals surface area contributed by atoms with Crippen molar-refractivity contribution in [2.75, 3.05) is 17.7 Å². The van der Waals surface area contributed by atoms with Crippen LogP contribution in [0.15, 0.2) is 35.1 Å². The molecule has 0 aliphatic carbocycles. The molecule has 0 atom stereocenters. The molecule has 3 rings (SSSR count). The highest BCUT2D eigenvalue weighted by Crippen LogP contribution is 2.26. The number of hydrogen-bond donors (Lipinski definition) is 3. The number of nitrogens with one attached hydrogen (secondary N) is 3. The van der Waals surface area contributed by atoms with Gasteiger partial charge in [-0.25, -0.2) is 9.97 Å². The van der Waals surface area contributed by atoms with E-state index in [1.54, 1.807) is 19.5 Å². The van der Waals surface area contributed by atoms with Gasteiger partial charge in [-0.05, 0) is 21.5 Å². The topological polar surface area (TPSA) is 101 Å². The molecule has 0 saturated heterocycles. The molecule has 0 amide bonds. The zero-order valence-corrected chi connectivity index (χ0v) is 17.3. The number of aromatic nitrogens is 5. The summed E-state index contributed by atoms with van der Waals surface area (Å²) in [6.45, 7) is 6.93. The smallest absolute Gasteiger partial charge is 0.224 e. The normalized spacial score (nSPS) is 11.3. The standard InChI is InChI=1S/C18H22BrN7O/c1-18(2,3)13-7-14(26-25-13)23-16-12(19)10-22-17(24-16)21-9-11-5-6-15(27-4)20-8-11/h5-8,10H,9H2,1-4H3,(H3,21,22,23,24,25,26). The SMILES string of the molecule is COc1ccc(CNc2ncc(Br)c(Nc3cc(C(C)(C)C)[nH]n3)n2)cn1. The first kappa shape index (κ1) is 19.1. The van der Waals surface area contributed by atoms with E-state index in [-0.39, 0.29) is 5.41 Å². The van der Waals surface area contributed by atoms with E-state index in [0.717, 1.165) is 15.7 Å². The van der Waals surface area contributed by atoms with Gasteiger partial charge in [0.15, 0.2) is 11.6 Å². The third-order valence-corrected chi connectivity index (χ3v) is 4.41. The summed E-state index contributed by atoms with van der Waals surface area (Å²) in [6.07, 6.45) is 3.45. The van der Waals surface area contributed by atoms with Gasteiger partial charge in [-0.3, -0.25) is 5.10 Å². The highest BCUT2D eigenvalue weighted by molar-refractivity contribution is 9.10. The number of rotatable bonds is 6. The molecule has 27 heavy (non-hydrogen) atoms. The van der Waals surface area contributed by atoms with Gasteiger partial charge in [0.2, 0.25) is 11.8 Å². The molecule has 0 saturated carbocycles. The van der Waals surface area contributed by atoms with Crippen LogP contribution in [0.25, 0.3) is 0 Å². The molecule has 0 aliphatic rings. The van der Waals surface area contributed by atoms with Crippen LogP contribution in [0.2, 0.25) is 0 Å². The third kappa shape index (κ3) is 4.94. The molecule has 142 valence electrons. The van der Waals surface area contributed by atoms with E-state index < -0.39 is 0 Å². The second-order valence-corrected chi connectivity index (χ2v) is 7.85. The lowest BCUT2D eigenvalue weighted by Crippen LogP contribution is -2.11. The van der Waals surface area contributed by atoms with E-state index in [9.17, 15) is 0 Å². The Kier molecular flexibility index (Phi) is 5.59. The van der Waals surface area contributed by atoms with Crippen LogP contribution in [0.4, 0.5) is 17.6 Å². The third-order valence-electron chi connectivity index (χ3n) is 3.83. The van der Waals surface area contributed by atoms with Gasteiger partial charge in [-0.1, -0.05) is 26.8 Å². The minimum absolute atomic E-state index is 0.00501. The highest BCUT2D eigenvalue weighted by atomic mass is 79.9. The molecule has 0 fully saturated rings. The maximum Gasteiger partial charge on any atom is 0.224 e. The molecule has 0 radical (unpaired) electrons. The van der Waals surface area contributed by atoms with Crippen molar-refractivity contribution in [1.29, 1.82) is 0 Å². The Bertz CT molecular complexity index is 903. The van der Waals surface area contributed by atoms with Crippen LogP contribution < -0.4 is 15.4 Å². The number of hydrogen-bond acceptors (Lipinski definition) is 7. The van der Waals surface area contributed by atoms with Gasteiger partial charge in [0, 0.05) is 42.2 Å². The van der Waals surface area contributed by atoms with Gasteiger partial charge in [-0.15, -0.1) is 0 Å². The minimum Gasteiger partial charge on any atom is -0.481 e. The van der Waals surface area contributed by atoms with E-state index in [1.165, 1.54) is 0 Å². The van der Waals surface area contributed by atoms with E-state index in [2.05, 4.69) is 72.5 Å². The second-order valence-electron chi connectivity index (χ2n) is 6.99. The summed E-state index contributed by atoms with van der Waals surface area (Å²) in [6, 6.07) is 5.73. The van der Waals surface area contributed by atoms with Crippen LogP contribution in [-0.2, 0) is 12.0 Å². The Hall–Kier alpha value is -2.68. The molecule has 3 heterocycles. The summed E-state index contributed by atoms with van der Waals surface area (Å²) in [4.78, 5) is 13.0. The summed E-state index contributed by atoms with van der Waals surface area (Å²) >= 11 is 3.47. The number of H-pyrrole nitrogens is 1. The first-order chi connectivity index (χ1) is 12.8. The minimum atomic E-state index is -0.00501. The van der Waals surface area contributed by atoms with E-state index in [1.807, 2.05) is 18.2 Å². The fourth-order valence-corrected chi connectivity index (χ4v) is 2.54. The Morgan fingerprint density at radius 1 is 1.19 bits per heavy atom. The fourth-order valence-electron chi connectivity index (χ4n) is 2.25. The van der Waals surface area contributed by atoms with Gasteiger partial charge in [0.1, 0.15) is 0 Å². The van der Waals surface area contributed by atoms with Crippen molar-refractivity contribution in [1.82, 2.24) is 25.1 Å². The zero-order valence-electron chi connectivity index (χ0n) is 15.7. The number of halogens is 1. The molecule has 3 aromatic heterocycles. The Morgan fingerprint density at radius 3 is 2.63 bits per heavy atom. The molecule has 9 heteroatoms. The molecule has 0 aliphatic heterocycles. The summed E-state index contributed by atoms with van der Waals surface area (Å²) in [5.41, 5.74) is 2.04. The molecular formula is C18H22BrN7O. The first-order valence-corrected chi connectivity index (χ1v) is 9.22. The van der Waals surface area contributed by atoms with Crippen molar-refractivity contribution in [2.24, 2.45) is 0 Å². The van der Waals surface area contributed by atoms with Crippen LogP contribution in [0.3, 0.4) is 0 Å². The van der Waals surface area contributed by atoms with Gasteiger partial charge in [0.05, 0.1) is 11.6 Å². The average Bonchev–Trinajstić information content (AvgIpc) is 3.12. The molecule has 0 unspecified atom stereocenters. The van der Waals surface area contributed by atoms with E-state index in [0.29, 0.717) is 30.0 Å². The molecule has 0 spiro atoms. The zero-order chi connectivity index (χ0) is 19.4. The van der Waals surface area contributed by atoms with Crippen LogP contribution in [0, 0.1) is 0 Å².